The van der Waals surface area contributed by atoms with E-state index in [0.29, 0.717) is 5.56 Å². The number of nitrogens with one attached hydrogen (secondary N) is 1. The van der Waals surface area contributed by atoms with Crippen molar-refractivity contribution in [2.45, 2.75) is 32.9 Å². The standard InChI is InChI=1S/C15H19BrFN3/c1-9(13-6-5-12(16)7-15(13)17)19-10(2)14-8-18-20(4)11(14)3/h5-10,19H,1-4H3. The summed E-state index contributed by atoms with van der Waals surface area (Å²) in [5.41, 5.74) is 2.92. The molecule has 2 aromatic rings. The Morgan fingerprint density at radius 3 is 2.45 bits per heavy atom. The molecule has 0 aliphatic carbocycles. The minimum Gasteiger partial charge on any atom is -0.303 e. The van der Waals surface area contributed by atoms with Gasteiger partial charge in [-0.05, 0) is 32.9 Å². The Kier molecular flexibility index (Phi) is 4.60. The van der Waals surface area contributed by atoms with Gasteiger partial charge in [0.1, 0.15) is 5.82 Å². The monoisotopic (exact) mass is 339 g/mol. The molecule has 5 heteroatoms. The van der Waals surface area contributed by atoms with Crippen molar-refractivity contribution in [2.75, 3.05) is 0 Å². The van der Waals surface area contributed by atoms with Gasteiger partial charge in [0, 0.05) is 40.4 Å². The summed E-state index contributed by atoms with van der Waals surface area (Å²) in [5, 5.41) is 7.66. The van der Waals surface area contributed by atoms with Crippen molar-refractivity contribution in [3.63, 3.8) is 0 Å². The van der Waals surface area contributed by atoms with Crippen molar-refractivity contribution in [3.8, 4) is 0 Å². The molecule has 1 aromatic carbocycles. The first-order valence-corrected chi connectivity index (χ1v) is 7.39. The van der Waals surface area contributed by atoms with Crippen LogP contribution in [0.5, 0.6) is 0 Å². The van der Waals surface area contributed by atoms with Crippen LogP contribution in [-0.4, -0.2) is 9.78 Å². The molecular formula is C15H19BrFN3. The Labute approximate surface area is 127 Å². The lowest BCUT2D eigenvalue weighted by Gasteiger charge is -2.21. The molecule has 3 nitrogen and oxygen atoms in total. The van der Waals surface area contributed by atoms with Crippen LogP contribution < -0.4 is 5.32 Å². The Morgan fingerprint density at radius 1 is 1.25 bits per heavy atom. The molecule has 0 aliphatic heterocycles. The molecule has 0 bridgehead atoms. The fourth-order valence-electron chi connectivity index (χ4n) is 2.35. The van der Waals surface area contributed by atoms with E-state index in [2.05, 4.69) is 33.3 Å². The van der Waals surface area contributed by atoms with Gasteiger partial charge in [-0.25, -0.2) is 4.39 Å². The summed E-state index contributed by atoms with van der Waals surface area (Å²) in [7, 11) is 1.92. The van der Waals surface area contributed by atoms with Gasteiger partial charge in [-0.1, -0.05) is 22.0 Å². The predicted octanol–water partition coefficient (Wildman–Crippen LogP) is 4.04. The molecule has 108 valence electrons. The van der Waals surface area contributed by atoms with E-state index < -0.39 is 0 Å². The van der Waals surface area contributed by atoms with Crippen LogP contribution in [-0.2, 0) is 7.05 Å². The summed E-state index contributed by atoms with van der Waals surface area (Å²) in [6.07, 6.45) is 1.86. The number of nitrogens with zero attached hydrogens (tertiary/aromatic N) is 2. The number of halogens is 2. The van der Waals surface area contributed by atoms with Crippen LogP contribution >= 0.6 is 15.9 Å². The van der Waals surface area contributed by atoms with Crippen molar-refractivity contribution in [3.05, 3.63) is 51.5 Å². The third-order valence-corrected chi connectivity index (χ3v) is 4.16. The molecule has 0 amide bonds. The minimum atomic E-state index is -0.200. The van der Waals surface area contributed by atoms with Crippen LogP contribution in [0.3, 0.4) is 0 Å². The Bertz CT molecular complexity index is 609. The smallest absolute Gasteiger partial charge is 0.129 e. The molecule has 2 atom stereocenters. The SMILES string of the molecule is Cc1c(C(C)NC(C)c2ccc(Br)cc2F)cnn1C. The Morgan fingerprint density at radius 2 is 1.90 bits per heavy atom. The average Bonchev–Trinajstić information content (AvgIpc) is 2.69. The highest BCUT2D eigenvalue weighted by atomic mass is 79.9. The van der Waals surface area contributed by atoms with Crippen LogP contribution in [0.4, 0.5) is 4.39 Å². The summed E-state index contributed by atoms with van der Waals surface area (Å²) in [4.78, 5) is 0. The van der Waals surface area contributed by atoms with Gasteiger partial charge in [-0.15, -0.1) is 0 Å². The maximum absolute atomic E-state index is 14.0. The van der Waals surface area contributed by atoms with E-state index in [4.69, 9.17) is 0 Å². The minimum absolute atomic E-state index is 0.0716. The zero-order valence-corrected chi connectivity index (χ0v) is 13.7. The van der Waals surface area contributed by atoms with E-state index in [1.165, 1.54) is 6.07 Å². The molecule has 2 unspecified atom stereocenters. The summed E-state index contributed by atoms with van der Waals surface area (Å²) in [5.74, 6) is -0.200. The zero-order chi connectivity index (χ0) is 14.9. The number of rotatable bonds is 4. The number of hydrogen-bond donors (Lipinski definition) is 1. The van der Waals surface area contributed by atoms with Crippen LogP contribution in [0, 0.1) is 12.7 Å². The molecule has 1 aromatic heterocycles. The number of benzene rings is 1. The summed E-state index contributed by atoms with van der Waals surface area (Å²) >= 11 is 3.27. The van der Waals surface area contributed by atoms with Crippen LogP contribution in [0.25, 0.3) is 0 Å². The van der Waals surface area contributed by atoms with Crippen molar-refractivity contribution < 1.29 is 4.39 Å². The molecule has 2 rings (SSSR count). The third-order valence-electron chi connectivity index (χ3n) is 3.67. The quantitative estimate of drug-likeness (QED) is 0.910. The lowest BCUT2D eigenvalue weighted by Crippen LogP contribution is -2.23. The molecule has 0 spiro atoms. The van der Waals surface area contributed by atoms with Gasteiger partial charge in [0.2, 0.25) is 0 Å². The molecule has 0 aliphatic rings. The Balaban J connectivity index is 2.15. The number of hydrogen-bond acceptors (Lipinski definition) is 2. The van der Waals surface area contributed by atoms with Crippen LogP contribution in [0.15, 0.2) is 28.9 Å². The molecule has 0 saturated heterocycles. The lowest BCUT2D eigenvalue weighted by atomic mass is 10.0. The van der Waals surface area contributed by atoms with Crippen molar-refractivity contribution in [2.24, 2.45) is 7.05 Å². The predicted molar refractivity (Wildman–Crippen MR) is 82.0 cm³/mol. The fraction of sp³-hybridized carbons (Fsp3) is 0.400. The summed E-state index contributed by atoms with van der Waals surface area (Å²) in [6.45, 7) is 6.07. The molecule has 20 heavy (non-hydrogen) atoms. The second-order valence-electron chi connectivity index (χ2n) is 5.08. The highest BCUT2D eigenvalue weighted by Crippen LogP contribution is 2.24. The first kappa shape index (κ1) is 15.2. The molecule has 1 heterocycles. The Hall–Kier alpha value is -1.20. The van der Waals surface area contributed by atoms with Gasteiger partial charge in [-0.2, -0.15) is 5.10 Å². The second kappa shape index (κ2) is 6.06. The lowest BCUT2D eigenvalue weighted by molar-refractivity contribution is 0.472. The molecule has 0 fully saturated rings. The van der Waals surface area contributed by atoms with E-state index in [-0.39, 0.29) is 17.9 Å². The molecule has 1 N–H and O–H groups in total. The van der Waals surface area contributed by atoms with E-state index in [1.54, 1.807) is 6.07 Å². The van der Waals surface area contributed by atoms with E-state index >= 15 is 0 Å². The molecular weight excluding hydrogens is 321 g/mol. The van der Waals surface area contributed by atoms with E-state index in [1.807, 2.05) is 37.8 Å². The summed E-state index contributed by atoms with van der Waals surface area (Å²) < 4.78 is 16.5. The maximum Gasteiger partial charge on any atom is 0.129 e. The van der Waals surface area contributed by atoms with Crippen LogP contribution in [0.1, 0.15) is 42.8 Å². The van der Waals surface area contributed by atoms with Gasteiger partial charge in [0.15, 0.2) is 0 Å². The van der Waals surface area contributed by atoms with Gasteiger partial charge in [-0.3, -0.25) is 4.68 Å². The first-order valence-electron chi connectivity index (χ1n) is 6.59. The van der Waals surface area contributed by atoms with Crippen molar-refractivity contribution in [1.29, 1.82) is 0 Å². The van der Waals surface area contributed by atoms with Crippen LogP contribution in [0.2, 0.25) is 0 Å². The average molecular weight is 340 g/mol. The number of aromatic nitrogens is 2. The van der Waals surface area contributed by atoms with E-state index in [9.17, 15) is 4.39 Å². The zero-order valence-electron chi connectivity index (χ0n) is 12.1. The summed E-state index contributed by atoms with van der Waals surface area (Å²) in [6, 6.07) is 5.20. The van der Waals surface area contributed by atoms with Gasteiger partial charge in [0.05, 0.1) is 6.20 Å². The number of aryl methyl sites for hydroxylation is 1. The van der Waals surface area contributed by atoms with E-state index in [0.717, 1.165) is 15.7 Å². The largest absolute Gasteiger partial charge is 0.303 e. The first-order chi connectivity index (χ1) is 9.40. The van der Waals surface area contributed by atoms with Gasteiger partial charge < -0.3 is 5.32 Å². The third kappa shape index (κ3) is 3.10. The highest BCUT2D eigenvalue weighted by Gasteiger charge is 2.17. The topological polar surface area (TPSA) is 29.9 Å². The highest BCUT2D eigenvalue weighted by molar-refractivity contribution is 9.10. The van der Waals surface area contributed by atoms with Gasteiger partial charge >= 0.3 is 0 Å². The van der Waals surface area contributed by atoms with Gasteiger partial charge in [0.25, 0.3) is 0 Å². The maximum atomic E-state index is 14.0. The molecule has 0 radical (unpaired) electrons. The normalized spacial score (nSPS) is 14.3. The van der Waals surface area contributed by atoms with Crippen molar-refractivity contribution >= 4 is 15.9 Å². The fourth-order valence-corrected chi connectivity index (χ4v) is 2.68. The molecule has 0 saturated carbocycles. The second-order valence-corrected chi connectivity index (χ2v) is 6.00. The van der Waals surface area contributed by atoms with Crippen molar-refractivity contribution in [1.82, 2.24) is 15.1 Å².